The summed E-state index contributed by atoms with van der Waals surface area (Å²) in [6, 6.07) is 1.30. The summed E-state index contributed by atoms with van der Waals surface area (Å²) in [7, 11) is -2.57. The third-order valence-electron chi connectivity index (χ3n) is 3.91. The van der Waals surface area contributed by atoms with E-state index >= 15 is 0 Å². The second-order valence-electron chi connectivity index (χ2n) is 7.48. The Hall–Kier alpha value is 0.394. The van der Waals surface area contributed by atoms with Crippen LogP contribution in [0.25, 0.3) is 0 Å². The molecule has 0 rings (SSSR count). The van der Waals surface area contributed by atoms with E-state index in [0.717, 1.165) is 6.61 Å². The van der Waals surface area contributed by atoms with Crippen molar-refractivity contribution < 1.29 is 4.43 Å². The summed E-state index contributed by atoms with van der Waals surface area (Å²) in [4.78, 5) is 0. The molecule has 0 atom stereocenters. The highest BCUT2D eigenvalue weighted by molar-refractivity contribution is 6.78. The Morgan fingerprint density at radius 2 is 1.12 bits per heavy atom. The summed E-state index contributed by atoms with van der Waals surface area (Å²) in [6.07, 6.45) is 0. The van der Waals surface area contributed by atoms with E-state index in [0.29, 0.717) is 16.6 Å². The average molecular weight is 275 g/mol. The zero-order valence-corrected chi connectivity index (χ0v) is 15.6. The van der Waals surface area contributed by atoms with Gasteiger partial charge in [-0.05, 0) is 22.7 Å². The molecular formula is C14H34OSi2. The van der Waals surface area contributed by atoms with Crippen LogP contribution >= 0.6 is 0 Å². The molecule has 0 aromatic carbocycles. The molecule has 0 saturated carbocycles. The lowest BCUT2D eigenvalue weighted by Crippen LogP contribution is -2.48. The van der Waals surface area contributed by atoms with Crippen LogP contribution in [0.15, 0.2) is 0 Å². The first-order valence-electron chi connectivity index (χ1n) is 7.18. The third-order valence-corrected chi connectivity index (χ3v) is 11.7. The Morgan fingerprint density at radius 3 is 1.35 bits per heavy atom. The van der Waals surface area contributed by atoms with Gasteiger partial charge in [-0.25, -0.2) is 0 Å². The maximum Gasteiger partial charge on any atom is 0.200 e. The molecule has 104 valence electrons. The first kappa shape index (κ1) is 17.4. The van der Waals surface area contributed by atoms with Crippen molar-refractivity contribution in [1.29, 1.82) is 0 Å². The van der Waals surface area contributed by atoms with Crippen LogP contribution in [0.3, 0.4) is 0 Å². The van der Waals surface area contributed by atoms with E-state index in [1.54, 1.807) is 0 Å². The number of hydrogen-bond donors (Lipinski definition) is 0. The maximum absolute atomic E-state index is 6.56. The van der Waals surface area contributed by atoms with Crippen molar-refractivity contribution >= 4 is 16.4 Å². The first-order chi connectivity index (χ1) is 7.54. The fourth-order valence-electron chi connectivity index (χ4n) is 3.03. The van der Waals surface area contributed by atoms with E-state index < -0.39 is 16.4 Å². The maximum atomic E-state index is 6.56. The SMILES string of the molecule is CC(C)[Si](OCC[Si](C)(C)C)(C(C)C)C(C)C. The van der Waals surface area contributed by atoms with E-state index in [4.69, 9.17) is 4.43 Å². The van der Waals surface area contributed by atoms with Gasteiger partial charge in [0.25, 0.3) is 0 Å². The van der Waals surface area contributed by atoms with Gasteiger partial charge in [0.15, 0.2) is 8.32 Å². The molecule has 1 nitrogen and oxygen atoms in total. The average Bonchev–Trinajstić information content (AvgIpc) is 2.08. The van der Waals surface area contributed by atoms with Crippen molar-refractivity contribution in [3.05, 3.63) is 0 Å². The van der Waals surface area contributed by atoms with Crippen LogP contribution in [-0.4, -0.2) is 23.0 Å². The third kappa shape index (κ3) is 4.88. The Kier molecular flexibility index (Phi) is 6.68. The molecule has 0 spiro atoms. The zero-order chi connectivity index (χ0) is 13.9. The predicted molar refractivity (Wildman–Crippen MR) is 85.2 cm³/mol. The van der Waals surface area contributed by atoms with Gasteiger partial charge in [0.05, 0.1) is 0 Å². The van der Waals surface area contributed by atoms with Gasteiger partial charge in [-0.3, -0.25) is 0 Å². The first-order valence-corrected chi connectivity index (χ1v) is 13.0. The zero-order valence-electron chi connectivity index (χ0n) is 13.6. The lowest BCUT2D eigenvalue weighted by Gasteiger charge is -2.42. The minimum absolute atomic E-state index is 0.712. The molecule has 0 fully saturated rings. The van der Waals surface area contributed by atoms with Crippen LogP contribution in [-0.2, 0) is 4.43 Å². The molecule has 0 aliphatic carbocycles. The van der Waals surface area contributed by atoms with Crippen LogP contribution in [0.2, 0.25) is 42.3 Å². The second-order valence-corrected chi connectivity index (χ2v) is 18.6. The van der Waals surface area contributed by atoms with Crippen molar-refractivity contribution in [2.75, 3.05) is 6.61 Å². The van der Waals surface area contributed by atoms with Gasteiger partial charge in [-0.1, -0.05) is 61.2 Å². The molecule has 17 heavy (non-hydrogen) atoms. The molecule has 3 heteroatoms. The monoisotopic (exact) mass is 274 g/mol. The van der Waals surface area contributed by atoms with Crippen molar-refractivity contribution in [3.8, 4) is 0 Å². The summed E-state index contributed by atoms with van der Waals surface area (Å²) in [5.74, 6) is 0. The smallest absolute Gasteiger partial charge is 0.200 e. The standard InChI is InChI=1S/C14H34OSi2/c1-12(2)17(13(3)4,14(5)6)15-10-11-16(7,8)9/h12-14H,10-11H2,1-9H3. The fraction of sp³-hybridized carbons (Fsp3) is 1.00. The molecule has 0 radical (unpaired) electrons. The van der Waals surface area contributed by atoms with E-state index in [1.165, 1.54) is 6.04 Å². The van der Waals surface area contributed by atoms with E-state index in [2.05, 4.69) is 61.2 Å². The highest BCUT2D eigenvalue weighted by Crippen LogP contribution is 2.42. The molecule has 0 aliphatic rings. The number of rotatable bonds is 7. The molecule has 0 aliphatic heterocycles. The quantitative estimate of drug-likeness (QED) is 0.556. The lowest BCUT2D eigenvalue weighted by molar-refractivity contribution is 0.295. The Bertz CT molecular complexity index is 195. The van der Waals surface area contributed by atoms with Gasteiger partial charge < -0.3 is 4.43 Å². The van der Waals surface area contributed by atoms with Crippen LogP contribution < -0.4 is 0 Å². The van der Waals surface area contributed by atoms with Gasteiger partial charge >= 0.3 is 0 Å². The lowest BCUT2D eigenvalue weighted by atomic mass is 10.5. The minimum Gasteiger partial charge on any atom is -0.416 e. The predicted octanol–water partition coefficient (Wildman–Crippen LogP) is 5.52. The Labute approximate surface area is 111 Å². The fourth-order valence-corrected chi connectivity index (χ4v) is 9.41. The summed E-state index contributed by atoms with van der Waals surface area (Å²) < 4.78 is 6.56. The van der Waals surface area contributed by atoms with Crippen molar-refractivity contribution in [2.24, 2.45) is 0 Å². The molecule has 0 heterocycles. The van der Waals surface area contributed by atoms with E-state index in [-0.39, 0.29) is 0 Å². The van der Waals surface area contributed by atoms with Gasteiger partial charge in [0.1, 0.15) is 0 Å². The molecule has 0 aromatic heterocycles. The highest BCUT2D eigenvalue weighted by Gasteiger charge is 2.44. The Morgan fingerprint density at radius 1 is 0.765 bits per heavy atom. The van der Waals surface area contributed by atoms with E-state index in [1.807, 2.05) is 0 Å². The van der Waals surface area contributed by atoms with Gasteiger partial charge in [-0.2, -0.15) is 0 Å². The van der Waals surface area contributed by atoms with Gasteiger partial charge in [0.2, 0.25) is 0 Å². The van der Waals surface area contributed by atoms with Crippen LogP contribution in [0.4, 0.5) is 0 Å². The van der Waals surface area contributed by atoms with Crippen molar-refractivity contribution in [2.45, 2.75) is 83.9 Å². The molecule has 0 unspecified atom stereocenters. The van der Waals surface area contributed by atoms with Crippen molar-refractivity contribution in [3.63, 3.8) is 0 Å². The molecular weight excluding hydrogens is 240 g/mol. The molecule has 0 bridgehead atoms. The second kappa shape index (κ2) is 6.53. The summed E-state index contributed by atoms with van der Waals surface area (Å²) in [5.41, 5.74) is 2.14. The summed E-state index contributed by atoms with van der Waals surface area (Å²) in [6.45, 7) is 22.5. The highest BCUT2D eigenvalue weighted by atomic mass is 28.4. The minimum atomic E-state index is -1.61. The topological polar surface area (TPSA) is 9.23 Å². The van der Waals surface area contributed by atoms with Gasteiger partial charge in [0, 0.05) is 14.7 Å². The van der Waals surface area contributed by atoms with Gasteiger partial charge in [-0.15, -0.1) is 0 Å². The number of hydrogen-bond acceptors (Lipinski definition) is 1. The van der Waals surface area contributed by atoms with Crippen LogP contribution in [0.5, 0.6) is 0 Å². The van der Waals surface area contributed by atoms with Crippen LogP contribution in [0.1, 0.15) is 41.5 Å². The van der Waals surface area contributed by atoms with E-state index in [9.17, 15) is 0 Å². The summed E-state index contributed by atoms with van der Waals surface area (Å²) in [5, 5.41) is 0. The largest absolute Gasteiger partial charge is 0.416 e. The molecule has 0 saturated heterocycles. The summed E-state index contributed by atoms with van der Waals surface area (Å²) >= 11 is 0. The van der Waals surface area contributed by atoms with Crippen LogP contribution in [0, 0.1) is 0 Å². The normalized spacial score (nSPS) is 14.1. The van der Waals surface area contributed by atoms with Crippen molar-refractivity contribution in [1.82, 2.24) is 0 Å². The molecule has 0 N–H and O–H groups in total. The molecule has 0 amide bonds. The molecule has 0 aromatic rings. The Balaban J connectivity index is 4.71.